The molecular formula is C24H28N4O3. The number of anilines is 2. The lowest BCUT2D eigenvalue weighted by molar-refractivity contribution is -0.120. The molecule has 162 valence electrons. The predicted octanol–water partition coefficient (Wildman–Crippen LogP) is 1.65. The number of β-amino-alcohol motifs (C(OH)–C–C–N with tert-alkyl or cyclic N) is 1. The molecule has 0 saturated carbocycles. The van der Waals surface area contributed by atoms with E-state index in [-0.39, 0.29) is 18.4 Å². The number of nitrogens with zero attached hydrogens (tertiary/aromatic N) is 4. The molecule has 0 bridgehead atoms. The SMILES string of the molecule is CN(C)c1ccc(N2C(=O)C(c3ccccc3)=C(N3CCN(CCO)CC3)C2=O)cc1. The van der Waals surface area contributed by atoms with Gasteiger partial charge < -0.3 is 14.9 Å². The number of amides is 2. The Hall–Kier alpha value is -3.16. The number of hydrogen-bond acceptors (Lipinski definition) is 6. The number of aliphatic hydroxyl groups excluding tert-OH is 1. The summed E-state index contributed by atoms with van der Waals surface area (Å²) in [7, 11) is 3.90. The standard InChI is InChI=1S/C24H28N4O3/c1-25(2)19-8-10-20(11-9-19)28-23(30)21(18-6-4-3-5-7-18)22(24(28)31)27-14-12-26(13-15-27)16-17-29/h3-11,29H,12-17H2,1-2H3. The molecule has 1 saturated heterocycles. The van der Waals surface area contributed by atoms with Crippen molar-refractivity contribution in [2.75, 3.05) is 63.2 Å². The second-order valence-electron chi connectivity index (χ2n) is 8.00. The first-order valence-corrected chi connectivity index (χ1v) is 10.6. The van der Waals surface area contributed by atoms with Gasteiger partial charge in [-0.25, -0.2) is 4.90 Å². The molecule has 2 aliphatic heterocycles. The van der Waals surface area contributed by atoms with Gasteiger partial charge in [-0.2, -0.15) is 0 Å². The van der Waals surface area contributed by atoms with Crippen LogP contribution in [0.25, 0.3) is 5.57 Å². The van der Waals surface area contributed by atoms with Crippen molar-refractivity contribution in [3.8, 4) is 0 Å². The first-order valence-electron chi connectivity index (χ1n) is 10.6. The molecule has 0 spiro atoms. The van der Waals surface area contributed by atoms with Gasteiger partial charge in [0.15, 0.2) is 0 Å². The van der Waals surface area contributed by atoms with E-state index in [0.29, 0.717) is 36.6 Å². The lowest BCUT2D eigenvalue weighted by atomic mass is 10.0. The Balaban J connectivity index is 1.69. The molecule has 0 atom stereocenters. The number of carbonyl (C=O) groups excluding carboxylic acids is 2. The Bertz CT molecular complexity index is 978. The molecule has 0 unspecified atom stereocenters. The highest BCUT2D eigenvalue weighted by atomic mass is 16.3. The fourth-order valence-electron chi connectivity index (χ4n) is 4.15. The topological polar surface area (TPSA) is 67.3 Å². The average molecular weight is 421 g/mol. The summed E-state index contributed by atoms with van der Waals surface area (Å²) < 4.78 is 0. The first-order chi connectivity index (χ1) is 15.0. The van der Waals surface area contributed by atoms with E-state index in [1.54, 1.807) is 0 Å². The van der Waals surface area contributed by atoms with E-state index in [9.17, 15) is 14.7 Å². The van der Waals surface area contributed by atoms with Crippen molar-refractivity contribution >= 4 is 28.8 Å². The molecule has 2 aromatic rings. The maximum Gasteiger partial charge on any atom is 0.282 e. The zero-order valence-corrected chi connectivity index (χ0v) is 18.0. The number of rotatable bonds is 6. The first kappa shape index (κ1) is 21.1. The van der Waals surface area contributed by atoms with Crippen LogP contribution in [0.15, 0.2) is 60.3 Å². The van der Waals surface area contributed by atoms with Crippen LogP contribution in [0.5, 0.6) is 0 Å². The minimum atomic E-state index is -0.290. The summed E-state index contributed by atoms with van der Waals surface area (Å²) in [4.78, 5) is 34.5. The maximum absolute atomic E-state index is 13.6. The van der Waals surface area contributed by atoms with Gasteiger partial charge in [0, 0.05) is 52.5 Å². The molecule has 2 aliphatic rings. The monoisotopic (exact) mass is 420 g/mol. The third-order valence-corrected chi connectivity index (χ3v) is 5.85. The molecule has 7 heteroatoms. The molecule has 0 aliphatic carbocycles. The van der Waals surface area contributed by atoms with Crippen LogP contribution in [-0.4, -0.2) is 80.1 Å². The Morgan fingerprint density at radius 1 is 0.871 bits per heavy atom. The number of benzene rings is 2. The van der Waals surface area contributed by atoms with Crippen molar-refractivity contribution in [3.05, 3.63) is 65.9 Å². The number of aliphatic hydroxyl groups is 1. The van der Waals surface area contributed by atoms with E-state index in [0.717, 1.165) is 24.3 Å². The fourth-order valence-corrected chi connectivity index (χ4v) is 4.15. The summed E-state index contributed by atoms with van der Waals surface area (Å²) in [5.41, 5.74) is 3.25. The van der Waals surface area contributed by atoms with Gasteiger partial charge in [0.1, 0.15) is 5.70 Å². The maximum atomic E-state index is 13.6. The van der Waals surface area contributed by atoms with E-state index in [2.05, 4.69) is 4.90 Å². The van der Waals surface area contributed by atoms with Crippen LogP contribution >= 0.6 is 0 Å². The Labute approximate surface area is 182 Å². The van der Waals surface area contributed by atoms with Crippen molar-refractivity contribution in [2.24, 2.45) is 0 Å². The highest BCUT2D eigenvalue weighted by molar-refractivity contribution is 6.45. The minimum Gasteiger partial charge on any atom is -0.395 e. The molecule has 0 aromatic heterocycles. The zero-order chi connectivity index (χ0) is 22.0. The molecule has 2 heterocycles. The Kier molecular flexibility index (Phi) is 6.06. The van der Waals surface area contributed by atoms with Gasteiger partial charge in [0.2, 0.25) is 0 Å². The third-order valence-electron chi connectivity index (χ3n) is 5.85. The van der Waals surface area contributed by atoms with Crippen molar-refractivity contribution < 1.29 is 14.7 Å². The summed E-state index contributed by atoms with van der Waals surface area (Å²) in [5, 5.41) is 9.20. The van der Waals surface area contributed by atoms with Crippen LogP contribution in [0.2, 0.25) is 0 Å². The average Bonchev–Trinajstić information content (AvgIpc) is 3.05. The Morgan fingerprint density at radius 3 is 2.10 bits per heavy atom. The van der Waals surface area contributed by atoms with Gasteiger partial charge in [-0.1, -0.05) is 30.3 Å². The zero-order valence-electron chi connectivity index (χ0n) is 18.0. The molecule has 2 amide bonds. The smallest absolute Gasteiger partial charge is 0.282 e. The molecule has 7 nitrogen and oxygen atoms in total. The summed E-state index contributed by atoms with van der Waals surface area (Å²) in [6, 6.07) is 16.9. The quantitative estimate of drug-likeness (QED) is 0.717. The lowest BCUT2D eigenvalue weighted by Crippen LogP contribution is -2.48. The summed E-state index contributed by atoms with van der Waals surface area (Å²) in [5.74, 6) is -0.571. The van der Waals surface area contributed by atoms with E-state index in [4.69, 9.17) is 0 Å². The number of hydrogen-bond donors (Lipinski definition) is 1. The van der Waals surface area contributed by atoms with Gasteiger partial charge in [-0.05, 0) is 29.8 Å². The van der Waals surface area contributed by atoms with E-state index in [1.807, 2.05) is 78.5 Å². The van der Waals surface area contributed by atoms with E-state index < -0.39 is 0 Å². The van der Waals surface area contributed by atoms with Crippen LogP contribution in [0.3, 0.4) is 0 Å². The van der Waals surface area contributed by atoms with Crippen molar-refractivity contribution in [1.82, 2.24) is 9.80 Å². The highest BCUT2D eigenvalue weighted by Crippen LogP contribution is 2.35. The van der Waals surface area contributed by atoms with Crippen LogP contribution in [0.4, 0.5) is 11.4 Å². The summed E-state index contributed by atoms with van der Waals surface area (Å²) in [6.45, 7) is 3.49. The van der Waals surface area contributed by atoms with Crippen LogP contribution < -0.4 is 9.80 Å². The molecular weight excluding hydrogens is 392 g/mol. The van der Waals surface area contributed by atoms with Crippen LogP contribution in [-0.2, 0) is 9.59 Å². The molecule has 31 heavy (non-hydrogen) atoms. The normalized spacial score (nSPS) is 17.6. The molecule has 2 aromatic carbocycles. The van der Waals surface area contributed by atoms with Crippen molar-refractivity contribution in [3.63, 3.8) is 0 Å². The highest BCUT2D eigenvalue weighted by Gasteiger charge is 2.42. The molecule has 4 rings (SSSR count). The van der Waals surface area contributed by atoms with Crippen molar-refractivity contribution in [1.29, 1.82) is 0 Å². The second-order valence-corrected chi connectivity index (χ2v) is 8.00. The Morgan fingerprint density at radius 2 is 1.52 bits per heavy atom. The van der Waals surface area contributed by atoms with Crippen molar-refractivity contribution in [2.45, 2.75) is 0 Å². The minimum absolute atomic E-state index is 0.117. The number of carbonyl (C=O) groups is 2. The van der Waals surface area contributed by atoms with Gasteiger partial charge in [-0.3, -0.25) is 14.5 Å². The van der Waals surface area contributed by atoms with E-state index >= 15 is 0 Å². The predicted molar refractivity (Wildman–Crippen MR) is 122 cm³/mol. The molecule has 1 fully saturated rings. The van der Waals surface area contributed by atoms with Crippen LogP contribution in [0, 0.1) is 0 Å². The second kappa shape index (κ2) is 8.91. The summed E-state index contributed by atoms with van der Waals surface area (Å²) >= 11 is 0. The van der Waals surface area contributed by atoms with Gasteiger partial charge in [0.25, 0.3) is 11.8 Å². The number of imide groups is 1. The van der Waals surface area contributed by atoms with Gasteiger partial charge >= 0.3 is 0 Å². The third kappa shape index (κ3) is 4.06. The summed E-state index contributed by atoms with van der Waals surface area (Å²) in [6.07, 6.45) is 0. The largest absolute Gasteiger partial charge is 0.395 e. The lowest BCUT2D eigenvalue weighted by Gasteiger charge is -2.36. The molecule has 1 N–H and O–H groups in total. The fraction of sp³-hybridized carbons (Fsp3) is 0.333. The molecule has 0 radical (unpaired) electrons. The van der Waals surface area contributed by atoms with Gasteiger partial charge in [-0.15, -0.1) is 0 Å². The van der Waals surface area contributed by atoms with Crippen LogP contribution in [0.1, 0.15) is 5.56 Å². The van der Waals surface area contributed by atoms with E-state index in [1.165, 1.54) is 4.90 Å². The number of piperazine rings is 1. The van der Waals surface area contributed by atoms with Gasteiger partial charge in [0.05, 0.1) is 17.9 Å².